The normalized spacial score (nSPS) is 33.9. The van der Waals surface area contributed by atoms with Crippen molar-refractivity contribution in [2.75, 3.05) is 13.2 Å². The monoisotopic (exact) mass is 724 g/mol. The fourth-order valence-electron chi connectivity index (χ4n) is 10.6. The first kappa shape index (κ1) is 40.5. The highest BCUT2D eigenvalue weighted by molar-refractivity contribution is 5.81. The summed E-state index contributed by atoms with van der Waals surface area (Å²) < 4.78 is 22.6. The van der Waals surface area contributed by atoms with E-state index in [1.807, 2.05) is 0 Å². The van der Waals surface area contributed by atoms with E-state index >= 15 is 0 Å². The van der Waals surface area contributed by atoms with Gasteiger partial charge < -0.3 is 18.9 Å². The van der Waals surface area contributed by atoms with Crippen LogP contribution in [0.15, 0.2) is 25.3 Å². The summed E-state index contributed by atoms with van der Waals surface area (Å²) in [4.78, 5) is 49.3. The molecule has 0 spiro atoms. The lowest BCUT2D eigenvalue weighted by Crippen LogP contribution is -2.41. The lowest BCUT2D eigenvalue weighted by atomic mass is 9.68. The van der Waals surface area contributed by atoms with Gasteiger partial charge in [0.1, 0.15) is 12.2 Å². The minimum absolute atomic E-state index is 0.0310. The van der Waals surface area contributed by atoms with Crippen molar-refractivity contribution >= 4 is 23.9 Å². The molecule has 0 aliphatic heterocycles. The zero-order valence-corrected chi connectivity index (χ0v) is 32.0. The zero-order chi connectivity index (χ0) is 36.7. The average molecular weight is 725 g/mol. The largest absolute Gasteiger partial charge is 0.463 e. The molecule has 8 heteroatoms. The van der Waals surface area contributed by atoms with Gasteiger partial charge in [0.15, 0.2) is 0 Å². The lowest BCUT2D eigenvalue weighted by Gasteiger charge is -2.39. The first-order valence-electron chi connectivity index (χ1n) is 21.3. The molecule has 8 nitrogen and oxygen atoms in total. The molecule has 5 fully saturated rings. The van der Waals surface area contributed by atoms with Gasteiger partial charge in [0.25, 0.3) is 0 Å². The Balaban J connectivity index is 0.953. The minimum atomic E-state index is -0.334. The van der Waals surface area contributed by atoms with Gasteiger partial charge in [-0.2, -0.15) is 0 Å². The van der Waals surface area contributed by atoms with Crippen molar-refractivity contribution in [2.45, 2.75) is 166 Å². The van der Waals surface area contributed by atoms with E-state index in [0.29, 0.717) is 25.0 Å². The van der Waals surface area contributed by atoms with Crippen molar-refractivity contribution in [3.8, 4) is 0 Å². The molecule has 5 aliphatic carbocycles. The van der Waals surface area contributed by atoms with E-state index in [4.69, 9.17) is 18.9 Å². The second-order valence-corrected chi connectivity index (χ2v) is 17.0. The molecule has 0 aromatic heterocycles. The van der Waals surface area contributed by atoms with Crippen LogP contribution in [0.3, 0.4) is 0 Å². The van der Waals surface area contributed by atoms with E-state index in [1.54, 1.807) is 0 Å². The second kappa shape index (κ2) is 21.3. The van der Waals surface area contributed by atoms with Crippen LogP contribution in [0.4, 0.5) is 0 Å². The smallest absolute Gasteiger partial charge is 0.330 e. The van der Waals surface area contributed by atoms with Crippen LogP contribution in [0.5, 0.6) is 0 Å². The number of ether oxygens (including phenoxy) is 4. The van der Waals surface area contributed by atoms with E-state index in [9.17, 15) is 19.2 Å². The molecule has 292 valence electrons. The van der Waals surface area contributed by atoms with Gasteiger partial charge in [0.2, 0.25) is 0 Å². The lowest BCUT2D eigenvalue weighted by molar-refractivity contribution is -0.178. The van der Waals surface area contributed by atoms with E-state index in [1.165, 1.54) is 63.5 Å². The number of esters is 4. The van der Waals surface area contributed by atoms with Crippen LogP contribution in [-0.2, 0) is 38.1 Å². The van der Waals surface area contributed by atoms with Crippen LogP contribution < -0.4 is 0 Å². The molecule has 0 unspecified atom stereocenters. The predicted octanol–water partition coefficient (Wildman–Crippen LogP) is 9.63. The maximum Gasteiger partial charge on any atom is 0.330 e. The van der Waals surface area contributed by atoms with Gasteiger partial charge in [0, 0.05) is 12.2 Å². The molecule has 0 bridgehead atoms. The third-order valence-corrected chi connectivity index (χ3v) is 13.8. The summed E-state index contributed by atoms with van der Waals surface area (Å²) in [6.07, 6.45) is 27.7. The zero-order valence-electron chi connectivity index (χ0n) is 32.0. The van der Waals surface area contributed by atoms with Crippen LogP contribution in [0, 0.1) is 47.3 Å². The average Bonchev–Trinajstić information content (AvgIpc) is 3.19. The summed E-state index contributed by atoms with van der Waals surface area (Å²) >= 11 is 0. The molecule has 0 aromatic carbocycles. The van der Waals surface area contributed by atoms with Gasteiger partial charge in [-0.1, -0.05) is 38.8 Å². The Kier molecular flexibility index (Phi) is 16.6. The van der Waals surface area contributed by atoms with Crippen molar-refractivity contribution in [3.05, 3.63) is 25.3 Å². The minimum Gasteiger partial charge on any atom is -0.463 e. The van der Waals surface area contributed by atoms with Gasteiger partial charge in [-0.05, 0) is 164 Å². The molecular formula is C44H68O8. The van der Waals surface area contributed by atoms with Crippen LogP contribution in [0.25, 0.3) is 0 Å². The van der Waals surface area contributed by atoms with Crippen LogP contribution >= 0.6 is 0 Å². The third kappa shape index (κ3) is 12.5. The molecule has 52 heavy (non-hydrogen) atoms. The Labute approximate surface area is 313 Å². The highest BCUT2D eigenvalue weighted by atomic mass is 16.6. The van der Waals surface area contributed by atoms with Gasteiger partial charge >= 0.3 is 23.9 Å². The van der Waals surface area contributed by atoms with Gasteiger partial charge in [0.05, 0.1) is 25.0 Å². The van der Waals surface area contributed by atoms with Crippen molar-refractivity contribution in [1.82, 2.24) is 0 Å². The molecular weight excluding hydrogens is 656 g/mol. The van der Waals surface area contributed by atoms with Crippen molar-refractivity contribution in [3.63, 3.8) is 0 Å². The summed E-state index contributed by atoms with van der Waals surface area (Å²) in [6.45, 7) is 7.87. The van der Waals surface area contributed by atoms with E-state index in [-0.39, 0.29) is 47.9 Å². The first-order valence-corrected chi connectivity index (χ1v) is 21.3. The Hall–Kier alpha value is -2.64. The molecule has 5 rings (SSSR count). The number of hydrogen-bond acceptors (Lipinski definition) is 8. The number of carbonyl (C=O) groups is 4. The summed E-state index contributed by atoms with van der Waals surface area (Å²) in [5.74, 6) is 3.53. The summed E-state index contributed by atoms with van der Waals surface area (Å²) in [5, 5.41) is 0. The number of rotatable bonds is 16. The highest BCUT2D eigenvalue weighted by Crippen LogP contribution is 2.44. The molecule has 5 saturated carbocycles. The molecule has 0 radical (unpaired) electrons. The van der Waals surface area contributed by atoms with Crippen molar-refractivity contribution in [2.24, 2.45) is 47.3 Å². The standard InChI is InChI=1S/C44H68O8/c1-3-41(45)49-29-7-9-31-13-17-33(18-14-31)35-21-25-37(26-22-35)43(47)51-39-11-5-6-12-40(39)52-44(48)38-27-23-36(24-28-38)34-19-15-32(16-20-34)10-8-30-50-42(46)4-2/h3-4,31-40H,1-2,5-30H2/t31-,32-,33-,34-,35?,36?,37?,38?,39-,40-/m1/s1. The molecule has 2 atom stereocenters. The molecule has 0 aromatic rings. The molecule has 0 heterocycles. The Bertz CT molecular complexity index is 1060. The quantitative estimate of drug-likeness (QED) is 0.0671. The molecule has 0 N–H and O–H groups in total. The second-order valence-electron chi connectivity index (χ2n) is 17.0. The van der Waals surface area contributed by atoms with Gasteiger partial charge in [-0.3, -0.25) is 9.59 Å². The van der Waals surface area contributed by atoms with Crippen molar-refractivity contribution in [1.29, 1.82) is 0 Å². The van der Waals surface area contributed by atoms with E-state index in [2.05, 4.69) is 13.2 Å². The fourth-order valence-corrected chi connectivity index (χ4v) is 10.6. The van der Waals surface area contributed by atoms with Crippen LogP contribution in [0.2, 0.25) is 0 Å². The Morgan fingerprint density at radius 1 is 0.462 bits per heavy atom. The third-order valence-electron chi connectivity index (χ3n) is 13.8. The van der Waals surface area contributed by atoms with Gasteiger partial charge in [-0.15, -0.1) is 0 Å². The first-order chi connectivity index (χ1) is 25.3. The topological polar surface area (TPSA) is 105 Å². The van der Waals surface area contributed by atoms with Crippen LogP contribution in [-0.4, -0.2) is 49.3 Å². The maximum atomic E-state index is 13.4. The molecule has 0 saturated heterocycles. The van der Waals surface area contributed by atoms with Gasteiger partial charge in [-0.25, -0.2) is 9.59 Å². The predicted molar refractivity (Wildman–Crippen MR) is 201 cm³/mol. The number of hydrogen-bond donors (Lipinski definition) is 0. The summed E-state index contributed by atoms with van der Waals surface area (Å²) in [7, 11) is 0. The summed E-state index contributed by atoms with van der Waals surface area (Å²) in [6, 6.07) is 0. The maximum absolute atomic E-state index is 13.4. The molecule has 0 amide bonds. The Morgan fingerprint density at radius 3 is 1.12 bits per heavy atom. The summed E-state index contributed by atoms with van der Waals surface area (Å²) in [5.41, 5.74) is 0. The SMILES string of the molecule is C=CC(=O)OCCC[C@H]1CC[C@H](C2CCC(C(=O)O[C@@H]3CCCC[C@H]3OC(=O)C3CCC([C@H]4CC[C@H](CCCOC(=O)C=C)CC4)CC3)CC2)CC1. The fraction of sp³-hybridized carbons (Fsp3) is 0.818. The van der Waals surface area contributed by atoms with E-state index < -0.39 is 0 Å². The van der Waals surface area contributed by atoms with E-state index in [0.717, 1.165) is 126 Å². The number of carbonyl (C=O) groups excluding carboxylic acids is 4. The Morgan fingerprint density at radius 2 is 0.788 bits per heavy atom. The molecule has 5 aliphatic rings. The van der Waals surface area contributed by atoms with Crippen LogP contribution in [0.1, 0.15) is 154 Å². The highest BCUT2D eigenvalue weighted by Gasteiger charge is 2.39. The van der Waals surface area contributed by atoms with Crippen molar-refractivity contribution < 1.29 is 38.1 Å².